The molecule has 3 rings (SSSR count). The minimum atomic E-state index is -5.19. The number of ether oxygens (including phenoxy) is 1. The highest BCUT2D eigenvalue weighted by Crippen LogP contribution is 2.27. The van der Waals surface area contributed by atoms with E-state index < -0.39 is 24.3 Å². The number of aromatic amines is 1. The lowest BCUT2D eigenvalue weighted by Gasteiger charge is -2.17. The van der Waals surface area contributed by atoms with Gasteiger partial charge in [-0.2, -0.15) is 31.4 Å². The van der Waals surface area contributed by atoms with Gasteiger partial charge < -0.3 is 34.8 Å². The summed E-state index contributed by atoms with van der Waals surface area (Å²) in [6.07, 6.45) is -3.41. The van der Waals surface area contributed by atoms with E-state index in [2.05, 4.69) is 26.0 Å². The van der Waals surface area contributed by atoms with Gasteiger partial charge in [-0.1, -0.05) is 19.8 Å². The first-order valence-electron chi connectivity index (χ1n) is 15.3. The van der Waals surface area contributed by atoms with Crippen molar-refractivity contribution >= 4 is 40.4 Å². The number of quaternary nitrogens is 2. The van der Waals surface area contributed by atoms with Gasteiger partial charge in [0.25, 0.3) is 0 Å². The molecule has 1 aliphatic heterocycles. The number of H-pyrrole nitrogens is 1. The number of Topliss-reactive ketones (excluding diaryl/α,β-unsaturated/α-hetero) is 1. The minimum Gasteiger partial charge on any atom is -0.542 e. The van der Waals surface area contributed by atoms with E-state index in [1.807, 2.05) is 57.4 Å². The quantitative estimate of drug-likeness (QED) is 0.0844. The zero-order valence-corrected chi connectivity index (χ0v) is 28.2. The van der Waals surface area contributed by atoms with Gasteiger partial charge in [-0.3, -0.25) is 20.3 Å². The highest BCUT2D eigenvalue weighted by molar-refractivity contribution is 5.93. The SMILES string of the molecule is CCC(=O)CCCCCC(NC(=O)Cc1c(C)[nH]c2ccc(OC)cc12)C1=NC=C(C[NH2+]N(C)C)[NH2+]1.O=C([O-])C(F)(F)F.O=C([O-])C(F)(F)F. The van der Waals surface area contributed by atoms with Crippen molar-refractivity contribution in [3.8, 4) is 5.75 Å². The number of hydrogen-bond donors (Lipinski definition) is 4. The number of ketones is 1. The number of amidine groups is 1. The summed E-state index contributed by atoms with van der Waals surface area (Å²) in [6.45, 7) is 4.71. The number of benzene rings is 1. The van der Waals surface area contributed by atoms with Gasteiger partial charge in [0.2, 0.25) is 11.7 Å². The molecule has 1 aromatic heterocycles. The summed E-state index contributed by atoms with van der Waals surface area (Å²) in [5.74, 6) is -4.07. The van der Waals surface area contributed by atoms with Crippen molar-refractivity contribution in [1.82, 2.24) is 15.3 Å². The molecule has 0 saturated heterocycles. The maximum absolute atomic E-state index is 13.2. The van der Waals surface area contributed by atoms with Gasteiger partial charge in [0.05, 0.1) is 19.7 Å². The van der Waals surface area contributed by atoms with Crippen LogP contribution in [0.5, 0.6) is 5.75 Å². The number of aromatic nitrogens is 1. The minimum absolute atomic E-state index is 0.0302. The molecule has 0 bridgehead atoms. The van der Waals surface area contributed by atoms with Gasteiger partial charge in [0.15, 0.2) is 12.2 Å². The average Bonchev–Trinajstić information content (AvgIpc) is 3.62. The molecule has 2 heterocycles. The zero-order chi connectivity index (χ0) is 38.2. The molecule has 0 aliphatic carbocycles. The summed E-state index contributed by atoms with van der Waals surface area (Å²) in [6, 6.07) is 5.71. The molecule has 0 fully saturated rings. The molecular formula is C31H42F6N6O7. The number of fused-ring (bicyclic) bond motifs is 1. The summed E-state index contributed by atoms with van der Waals surface area (Å²) >= 11 is 0. The van der Waals surface area contributed by atoms with E-state index in [-0.39, 0.29) is 18.4 Å². The molecule has 19 heteroatoms. The Labute approximate surface area is 284 Å². The van der Waals surface area contributed by atoms with E-state index in [0.717, 1.165) is 71.7 Å². The first-order chi connectivity index (χ1) is 23.2. The number of aliphatic carboxylic acids is 2. The Hall–Kier alpha value is -4.49. The molecule has 1 aromatic carbocycles. The summed E-state index contributed by atoms with van der Waals surface area (Å²) in [5.41, 5.74) is 6.20. The van der Waals surface area contributed by atoms with Crippen LogP contribution in [-0.4, -0.2) is 85.6 Å². The molecule has 280 valence electrons. The van der Waals surface area contributed by atoms with Crippen LogP contribution < -0.4 is 31.0 Å². The van der Waals surface area contributed by atoms with Gasteiger partial charge in [0.1, 0.15) is 29.5 Å². The topological polar surface area (TPSA) is 200 Å². The van der Waals surface area contributed by atoms with Crippen molar-refractivity contribution in [1.29, 1.82) is 0 Å². The number of nitrogens with one attached hydrogen (secondary N) is 2. The van der Waals surface area contributed by atoms with Gasteiger partial charge in [-0.15, -0.1) is 0 Å². The van der Waals surface area contributed by atoms with Crippen LogP contribution in [0.25, 0.3) is 10.9 Å². The van der Waals surface area contributed by atoms with Crippen LogP contribution in [0, 0.1) is 6.92 Å². The number of methoxy groups -OCH3 is 1. The predicted molar refractivity (Wildman–Crippen MR) is 164 cm³/mol. The molecule has 1 atom stereocenters. The number of rotatable bonds is 15. The molecule has 13 nitrogen and oxygen atoms in total. The summed E-state index contributed by atoms with van der Waals surface area (Å²) in [7, 11) is 5.66. The van der Waals surface area contributed by atoms with Crippen LogP contribution in [0.4, 0.5) is 26.3 Å². The molecular weight excluding hydrogens is 682 g/mol. The van der Waals surface area contributed by atoms with Gasteiger partial charge >= 0.3 is 12.4 Å². The van der Waals surface area contributed by atoms with Crippen molar-refractivity contribution in [2.75, 3.05) is 27.7 Å². The maximum Gasteiger partial charge on any atom is 0.430 e. The normalized spacial score (nSPS) is 13.4. The molecule has 1 unspecified atom stereocenters. The number of aliphatic imine (C=N–C) groups is 1. The largest absolute Gasteiger partial charge is 0.542 e. The van der Waals surface area contributed by atoms with Crippen LogP contribution in [0.2, 0.25) is 0 Å². The number of carbonyl (C=O) groups excluding carboxylic acids is 4. The van der Waals surface area contributed by atoms with E-state index in [1.165, 1.54) is 0 Å². The fourth-order valence-corrected chi connectivity index (χ4v) is 4.45. The van der Waals surface area contributed by atoms with Gasteiger partial charge in [0, 0.05) is 43.5 Å². The number of hydrogen-bond acceptors (Lipinski definition) is 9. The Morgan fingerprint density at radius 3 is 2.16 bits per heavy atom. The summed E-state index contributed by atoms with van der Waals surface area (Å²) in [5, 5.41) is 25.9. The number of alkyl halides is 6. The van der Waals surface area contributed by atoms with Crippen LogP contribution >= 0.6 is 0 Å². The van der Waals surface area contributed by atoms with Crippen molar-refractivity contribution in [3.63, 3.8) is 0 Å². The predicted octanol–water partition coefficient (Wildman–Crippen LogP) is -0.104. The number of carboxylic acid groups (broad SMARTS) is 2. The van der Waals surface area contributed by atoms with Crippen LogP contribution in [0.1, 0.15) is 56.7 Å². The van der Waals surface area contributed by atoms with Gasteiger partial charge in [-0.05, 0) is 43.5 Å². The second-order valence-corrected chi connectivity index (χ2v) is 11.3. The van der Waals surface area contributed by atoms with Crippen molar-refractivity contribution in [2.45, 2.75) is 77.2 Å². The van der Waals surface area contributed by atoms with Crippen LogP contribution in [-0.2, 0) is 25.6 Å². The smallest absolute Gasteiger partial charge is 0.430 e. The third kappa shape index (κ3) is 15.8. The molecule has 6 N–H and O–H groups in total. The molecule has 0 spiro atoms. The third-order valence-corrected chi connectivity index (χ3v) is 7.07. The first kappa shape index (κ1) is 43.5. The lowest BCUT2D eigenvalue weighted by molar-refractivity contribution is -0.798. The van der Waals surface area contributed by atoms with E-state index in [0.29, 0.717) is 18.6 Å². The first-order valence-corrected chi connectivity index (χ1v) is 15.3. The van der Waals surface area contributed by atoms with Crippen molar-refractivity contribution in [3.05, 3.63) is 41.4 Å². The molecule has 2 aromatic rings. The van der Waals surface area contributed by atoms with E-state index >= 15 is 0 Å². The van der Waals surface area contributed by atoms with Crippen molar-refractivity contribution < 1.29 is 71.2 Å². The maximum atomic E-state index is 13.2. The fraction of sp³-hybridized carbons (Fsp3) is 0.516. The van der Waals surface area contributed by atoms with Crippen LogP contribution in [0.3, 0.4) is 0 Å². The Bertz CT molecular complexity index is 1500. The number of nitrogens with two attached hydrogens (primary N) is 2. The highest BCUT2D eigenvalue weighted by Gasteiger charge is 2.30. The fourth-order valence-electron chi connectivity index (χ4n) is 4.45. The number of carbonyl (C=O) groups is 4. The number of nitrogens with zero attached hydrogens (tertiary/aromatic N) is 2. The second kappa shape index (κ2) is 20.2. The average molecular weight is 725 g/mol. The molecule has 1 aliphatic rings. The highest BCUT2D eigenvalue weighted by atomic mass is 19.4. The molecule has 0 saturated carbocycles. The third-order valence-electron chi connectivity index (χ3n) is 7.07. The Morgan fingerprint density at radius 2 is 1.64 bits per heavy atom. The molecule has 50 heavy (non-hydrogen) atoms. The summed E-state index contributed by atoms with van der Waals surface area (Å²) in [4.78, 5) is 50.4. The molecule has 0 radical (unpaired) electrons. The second-order valence-electron chi connectivity index (χ2n) is 11.3. The Morgan fingerprint density at radius 1 is 1.04 bits per heavy atom. The van der Waals surface area contributed by atoms with E-state index in [9.17, 15) is 35.9 Å². The standard InChI is InChI=1S/C27H40N6O3.2C2HF3O2/c1-6-20(34)10-8-7-9-11-25(27-28-16-19(31-27)17-29-33(3)4)32-26(35)15-22-18(2)30-24-13-12-21(36-5)14-23(22)24;2*3-2(4,5)1(6)7/h12-14,16,25,29-30H,6-11,15,17H2,1-5H3,(H,28,31)(H,32,35);2*(H,6,7). The number of amides is 1. The van der Waals surface area contributed by atoms with Crippen LogP contribution in [0.15, 0.2) is 35.1 Å². The van der Waals surface area contributed by atoms with E-state index in [1.54, 1.807) is 7.11 Å². The van der Waals surface area contributed by atoms with Gasteiger partial charge in [-0.25, -0.2) is 4.99 Å². The number of aryl methyl sites for hydroxylation is 1. The molecule has 1 amide bonds. The van der Waals surface area contributed by atoms with Crippen molar-refractivity contribution in [2.24, 2.45) is 4.99 Å². The zero-order valence-electron chi connectivity index (χ0n) is 28.2. The monoisotopic (exact) mass is 724 g/mol. The number of unbranched alkanes of at least 4 members (excludes halogenated alkanes) is 2. The number of halogens is 6. The van der Waals surface area contributed by atoms with E-state index in [4.69, 9.17) is 24.5 Å². The lowest BCUT2D eigenvalue weighted by atomic mass is 10.0. The lowest BCUT2D eigenvalue weighted by Crippen LogP contribution is -2.98. The Kier molecular flexibility index (Phi) is 17.6. The number of carboxylic acids is 2. The Balaban J connectivity index is 0.000000748. The summed E-state index contributed by atoms with van der Waals surface area (Å²) < 4.78 is 68.5.